The van der Waals surface area contributed by atoms with E-state index in [-0.39, 0.29) is 5.75 Å². The fourth-order valence-corrected chi connectivity index (χ4v) is 1.95. The van der Waals surface area contributed by atoms with Crippen molar-refractivity contribution in [2.75, 3.05) is 5.32 Å². The molecular weight excluding hydrogens is 276 g/mol. The first-order valence-corrected chi connectivity index (χ1v) is 5.98. The molecule has 0 aliphatic rings. The van der Waals surface area contributed by atoms with Gasteiger partial charge in [0, 0.05) is 28.3 Å². The van der Waals surface area contributed by atoms with E-state index in [1.807, 2.05) is 0 Å². The number of hydrogen-bond donors (Lipinski definition) is 2. The van der Waals surface area contributed by atoms with Gasteiger partial charge in [-0.15, -0.1) is 0 Å². The fraction of sp³-hybridized carbons (Fsp3) is 0.0769. The SMILES string of the molecule is Oc1ccc(NCc2ccc(Cl)cc2Cl)cc1F. The van der Waals surface area contributed by atoms with E-state index in [2.05, 4.69) is 5.32 Å². The first kappa shape index (κ1) is 13.0. The van der Waals surface area contributed by atoms with Crippen LogP contribution < -0.4 is 5.32 Å². The summed E-state index contributed by atoms with van der Waals surface area (Å²) >= 11 is 11.8. The molecule has 18 heavy (non-hydrogen) atoms. The number of aromatic hydroxyl groups is 1. The van der Waals surface area contributed by atoms with Crippen molar-refractivity contribution >= 4 is 28.9 Å². The third-order valence-corrected chi connectivity index (χ3v) is 3.03. The van der Waals surface area contributed by atoms with Gasteiger partial charge in [0.25, 0.3) is 0 Å². The number of rotatable bonds is 3. The summed E-state index contributed by atoms with van der Waals surface area (Å²) in [5.74, 6) is -1.03. The Morgan fingerprint density at radius 1 is 1.11 bits per heavy atom. The molecule has 0 amide bonds. The Hall–Kier alpha value is -1.45. The number of phenols is 1. The molecule has 0 aromatic heterocycles. The van der Waals surface area contributed by atoms with Gasteiger partial charge in [-0.25, -0.2) is 4.39 Å². The van der Waals surface area contributed by atoms with Crippen LogP contribution in [0.4, 0.5) is 10.1 Å². The van der Waals surface area contributed by atoms with Gasteiger partial charge in [-0.1, -0.05) is 29.3 Å². The highest BCUT2D eigenvalue weighted by atomic mass is 35.5. The zero-order valence-electron chi connectivity index (χ0n) is 9.25. The van der Waals surface area contributed by atoms with Gasteiger partial charge in [0.05, 0.1) is 0 Å². The Balaban J connectivity index is 2.09. The Kier molecular flexibility index (Phi) is 3.94. The maximum atomic E-state index is 13.1. The molecule has 0 spiro atoms. The second-order valence-corrected chi connectivity index (χ2v) is 4.60. The molecule has 0 aliphatic heterocycles. The van der Waals surface area contributed by atoms with E-state index >= 15 is 0 Å². The minimum atomic E-state index is -0.665. The number of nitrogens with one attached hydrogen (secondary N) is 1. The zero-order chi connectivity index (χ0) is 13.1. The van der Waals surface area contributed by atoms with Gasteiger partial charge in [0.2, 0.25) is 0 Å². The predicted molar refractivity (Wildman–Crippen MR) is 71.9 cm³/mol. The molecule has 2 N–H and O–H groups in total. The quantitative estimate of drug-likeness (QED) is 0.817. The van der Waals surface area contributed by atoms with Gasteiger partial charge < -0.3 is 10.4 Å². The molecule has 0 radical (unpaired) electrons. The summed E-state index contributed by atoms with van der Waals surface area (Å²) < 4.78 is 13.1. The molecule has 0 saturated carbocycles. The highest BCUT2D eigenvalue weighted by Gasteiger charge is 2.03. The summed E-state index contributed by atoms with van der Waals surface area (Å²) in [5, 5.41) is 13.2. The van der Waals surface area contributed by atoms with Crippen LogP contribution in [0.5, 0.6) is 5.75 Å². The summed E-state index contributed by atoms with van der Waals surface area (Å²) in [6.45, 7) is 0.445. The van der Waals surface area contributed by atoms with Crippen molar-refractivity contribution in [3.63, 3.8) is 0 Å². The number of hydrogen-bond acceptors (Lipinski definition) is 2. The van der Waals surface area contributed by atoms with Crippen molar-refractivity contribution in [1.82, 2.24) is 0 Å². The maximum Gasteiger partial charge on any atom is 0.166 e. The van der Waals surface area contributed by atoms with Gasteiger partial charge in [-0.3, -0.25) is 0 Å². The van der Waals surface area contributed by atoms with Crippen LogP contribution in [0.2, 0.25) is 10.0 Å². The van der Waals surface area contributed by atoms with Crippen LogP contribution in [0.1, 0.15) is 5.56 Å². The highest BCUT2D eigenvalue weighted by molar-refractivity contribution is 6.35. The number of benzene rings is 2. The van der Waals surface area contributed by atoms with Crippen LogP contribution in [0.25, 0.3) is 0 Å². The molecule has 5 heteroatoms. The Bertz CT molecular complexity index is 575. The van der Waals surface area contributed by atoms with Crippen LogP contribution in [-0.4, -0.2) is 5.11 Å². The summed E-state index contributed by atoms with van der Waals surface area (Å²) in [4.78, 5) is 0. The number of anilines is 1. The molecule has 0 saturated heterocycles. The lowest BCUT2D eigenvalue weighted by Crippen LogP contribution is -2.00. The second-order valence-electron chi connectivity index (χ2n) is 3.76. The smallest absolute Gasteiger partial charge is 0.166 e. The first-order chi connectivity index (χ1) is 8.56. The maximum absolute atomic E-state index is 13.1. The first-order valence-electron chi connectivity index (χ1n) is 5.22. The Morgan fingerprint density at radius 3 is 2.56 bits per heavy atom. The summed E-state index contributed by atoms with van der Waals surface area (Å²) in [7, 11) is 0. The van der Waals surface area contributed by atoms with Crippen LogP contribution in [0.3, 0.4) is 0 Å². The lowest BCUT2D eigenvalue weighted by Gasteiger charge is -2.09. The van der Waals surface area contributed by atoms with Gasteiger partial charge >= 0.3 is 0 Å². The lowest BCUT2D eigenvalue weighted by molar-refractivity contribution is 0.432. The molecule has 2 nitrogen and oxygen atoms in total. The van der Waals surface area contributed by atoms with Gasteiger partial charge in [0.1, 0.15) is 0 Å². The van der Waals surface area contributed by atoms with E-state index in [9.17, 15) is 4.39 Å². The van der Waals surface area contributed by atoms with E-state index in [0.29, 0.717) is 22.3 Å². The highest BCUT2D eigenvalue weighted by Crippen LogP contribution is 2.23. The summed E-state index contributed by atoms with van der Waals surface area (Å²) in [6, 6.07) is 9.29. The molecule has 2 aromatic carbocycles. The molecule has 2 aromatic rings. The minimum Gasteiger partial charge on any atom is -0.505 e. The molecule has 94 valence electrons. The van der Waals surface area contributed by atoms with Crippen molar-refractivity contribution < 1.29 is 9.50 Å². The average molecular weight is 286 g/mol. The molecule has 0 unspecified atom stereocenters. The summed E-state index contributed by atoms with van der Waals surface area (Å²) in [5.41, 5.74) is 1.42. The van der Waals surface area contributed by atoms with Crippen molar-refractivity contribution in [1.29, 1.82) is 0 Å². The molecule has 0 bridgehead atoms. The number of phenolic OH excluding ortho intramolecular Hbond substituents is 1. The van der Waals surface area contributed by atoms with Gasteiger partial charge in [0.15, 0.2) is 11.6 Å². The van der Waals surface area contributed by atoms with Crippen molar-refractivity contribution in [2.45, 2.75) is 6.54 Å². The topological polar surface area (TPSA) is 32.3 Å². The van der Waals surface area contributed by atoms with Gasteiger partial charge in [-0.2, -0.15) is 0 Å². The third-order valence-electron chi connectivity index (χ3n) is 2.45. The molecule has 0 atom stereocenters. The molecule has 2 rings (SSSR count). The average Bonchev–Trinajstić information content (AvgIpc) is 2.32. The molecule has 0 fully saturated rings. The monoisotopic (exact) mass is 285 g/mol. The molecular formula is C13H10Cl2FNO. The van der Waals surface area contributed by atoms with Crippen LogP contribution in [0.15, 0.2) is 36.4 Å². The van der Waals surface area contributed by atoms with Crippen molar-refractivity contribution in [2.24, 2.45) is 0 Å². The summed E-state index contributed by atoms with van der Waals surface area (Å²) in [6.07, 6.45) is 0. The molecule has 0 heterocycles. The van der Waals surface area contributed by atoms with E-state index in [1.54, 1.807) is 24.3 Å². The predicted octanol–water partition coefficient (Wildman–Crippen LogP) is 4.45. The Morgan fingerprint density at radius 2 is 1.89 bits per heavy atom. The van der Waals surface area contributed by atoms with E-state index < -0.39 is 5.82 Å². The fourth-order valence-electron chi connectivity index (χ4n) is 1.48. The van der Waals surface area contributed by atoms with Crippen molar-refractivity contribution in [3.8, 4) is 5.75 Å². The standard InChI is InChI=1S/C13H10Cl2FNO/c14-9-2-1-8(11(15)5-9)7-17-10-3-4-13(18)12(16)6-10/h1-6,17-18H,7H2. The Labute approximate surface area is 114 Å². The minimum absolute atomic E-state index is 0.370. The van der Waals surface area contributed by atoms with Crippen LogP contribution in [-0.2, 0) is 6.54 Å². The number of halogens is 3. The zero-order valence-corrected chi connectivity index (χ0v) is 10.8. The lowest BCUT2D eigenvalue weighted by atomic mass is 10.2. The third kappa shape index (κ3) is 3.06. The van der Waals surface area contributed by atoms with Crippen LogP contribution >= 0.6 is 23.2 Å². The van der Waals surface area contributed by atoms with E-state index in [4.69, 9.17) is 28.3 Å². The largest absolute Gasteiger partial charge is 0.505 e. The molecule has 0 aliphatic carbocycles. The normalized spacial score (nSPS) is 10.4. The second kappa shape index (κ2) is 5.46. The van der Waals surface area contributed by atoms with Crippen molar-refractivity contribution in [3.05, 3.63) is 57.8 Å². The van der Waals surface area contributed by atoms with E-state index in [1.165, 1.54) is 12.1 Å². The van der Waals surface area contributed by atoms with Gasteiger partial charge in [-0.05, 0) is 29.8 Å². The van der Waals surface area contributed by atoms with Crippen LogP contribution in [0, 0.1) is 5.82 Å². The van der Waals surface area contributed by atoms with E-state index in [0.717, 1.165) is 5.56 Å².